The Labute approximate surface area is 133 Å². The first-order valence-corrected chi connectivity index (χ1v) is 9.06. The van der Waals surface area contributed by atoms with Crippen LogP contribution in [-0.2, 0) is 4.43 Å². The number of halogens is 13. The number of rotatable bonds is 7. The molecule has 0 atom stereocenters. The molecule has 0 bridgehead atoms. The van der Waals surface area contributed by atoms with Crippen LogP contribution in [0.15, 0.2) is 0 Å². The molecule has 0 radical (unpaired) electrons. The second-order valence-corrected chi connectivity index (χ2v) is 9.25. The van der Waals surface area contributed by atoms with Gasteiger partial charge in [0, 0.05) is 6.61 Å². The molecule has 1 nitrogen and oxygen atoms in total. The summed E-state index contributed by atoms with van der Waals surface area (Å²) in [5.41, 5.74) is -6.12. The summed E-state index contributed by atoms with van der Waals surface area (Å²) in [6.07, 6.45) is -7.40. The van der Waals surface area contributed by atoms with Crippen LogP contribution in [0, 0.1) is 0 Å². The Morgan fingerprint density at radius 3 is 1.20 bits per heavy atom. The van der Waals surface area contributed by atoms with Crippen molar-refractivity contribution in [2.45, 2.75) is 55.4 Å². The van der Waals surface area contributed by atoms with Gasteiger partial charge in [-0.15, -0.1) is 0 Å². The molecule has 0 rings (SSSR count). The van der Waals surface area contributed by atoms with E-state index in [2.05, 4.69) is 4.43 Å². The van der Waals surface area contributed by atoms with E-state index in [-0.39, 0.29) is 13.1 Å². The Morgan fingerprint density at radius 2 is 0.920 bits per heavy atom. The van der Waals surface area contributed by atoms with E-state index in [1.54, 1.807) is 0 Å². The Hall–Kier alpha value is -0.733. The van der Waals surface area contributed by atoms with Gasteiger partial charge >= 0.3 is 35.4 Å². The van der Waals surface area contributed by atoms with E-state index >= 15 is 0 Å². The summed E-state index contributed by atoms with van der Waals surface area (Å²) in [7, 11) is -5.28. The first-order chi connectivity index (χ1) is 10.6. The minimum Gasteiger partial charge on any atom is -0.410 e. The quantitative estimate of drug-likeness (QED) is 0.389. The van der Waals surface area contributed by atoms with Crippen molar-refractivity contribution in [1.82, 2.24) is 0 Å². The molecule has 0 aromatic rings. The van der Waals surface area contributed by atoms with Crippen molar-refractivity contribution in [3.63, 3.8) is 0 Å². The number of alkyl halides is 13. The summed E-state index contributed by atoms with van der Waals surface area (Å²) in [6, 6.07) is 0. The average molecular weight is 422 g/mol. The molecule has 0 aliphatic heterocycles. The molecule has 25 heavy (non-hydrogen) atoms. The van der Waals surface area contributed by atoms with Gasteiger partial charge in [-0.2, -0.15) is 48.3 Å². The predicted molar refractivity (Wildman–Crippen MR) is 59.9 cm³/mol. The van der Waals surface area contributed by atoms with Gasteiger partial charge in [0.15, 0.2) is 0 Å². The normalized spacial score (nSPS) is 16.3. The molecule has 0 saturated carbocycles. The van der Waals surface area contributed by atoms with Crippen molar-refractivity contribution in [2.75, 3.05) is 6.61 Å². The summed E-state index contributed by atoms with van der Waals surface area (Å²) < 4.78 is 172. The minimum absolute atomic E-state index is 0.181. The lowest BCUT2D eigenvalue weighted by molar-refractivity contribution is -0.434. The molecule has 0 spiro atoms. The zero-order chi connectivity index (χ0) is 20.9. The fourth-order valence-electron chi connectivity index (χ4n) is 1.60. The first kappa shape index (κ1) is 24.3. The van der Waals surface area contributed by atoms with E-state index in [0.29, 0.717) is 0 Å². The van der Waals surface area contributed by atoms with Crippen molar-refractivity contribution in [3.05, 3.63) is 0 Å². The molecule has 0 aliphatic carbocycles. The van der Waals surface area contributed by atoms with Crippen LogP contribution in [-0.4, -0.2) is 50.3 Å². The van der Waals surface area contributed by atoms with Crippen molar-refractivity contribution < 1.29 is 61.5 Å². The molecular formula is C10H11F13OSi. The SMILES string of the molecule is CCO[Si](C)(C)C(F)(F)C(F)(F)C(F)(F)C(F)(F)C(F)(F)C(F)(F)F. The third-order valence-electron chi connectivity index (χ3n) is 3.19. The van der Waals surface area contributed by atoms with Crippen LogP contribution in [0.1, 0.15) is 6.92 Å². The van der Waals surface area contributed by atoms with E-state index in [0.717, 1.165) is 6.92 Å². The second-order valence-electron chi connectivity index (χ2n) is 5.31. The third kappa shape index (κ3) is 3.21. The summed E-state index contributed by atoms with van der Waals surface area (Å²) in [5.74, 6) is -30.6. The van der Waals surface area contributed by atoms with Crippen molar-refractivity contribution in [2.24, 2.45) is 0 Å². The maximum absolute atomic E-state index is 13.7. The summed E-state index contributed by atoms with van der Waals surface area (Å²) in [6.45, 7) is 0.556. The van der Waals surface area contributed by atoms with Crippen LogP contribution < -0.4 is 0 Å². The molecule has 0 unspecified atom stereocenters. The van der Waals surface area contributed by atoms with Crippen molar-refractivity contribution >= 4 is 8.32 Å². The van der Waals surface area contributed by atoms with Gasteiger partial charge in [0.25, 0.3) is 8.32 Å². The van der Waals surface area contributed by atoms with Gasteiger partial charge in [-0.25, -0.2) is 8.78 Å². The molecule has 15 heteroatoms. The summed E-state index contributed by atoms with van der Waals surface area (Å²) >= 11 is 0. The highest BCUT2D eigenvalue weighted by molar-refractivity contribution is 6.74. The molecular weight excluding hydrogens is 411 g/mol. The van der Waals surface area contributed by atoms with E-state index in [1.165, 1.54) is 0 Å². The van der Waals surface area contributed by atoms with Crippen LogP contribution in [0.2, 0.25) is 13.1 Å². The van der Waals surface area contributed by atoms with E-state index in [4.69, 9.17) is 0 Å². The third-order valence-corrected chi connectivity index (χ3v) is 6.03. The highest BCUT2D eigenvalue weighted by Gasteiger charge is 2.92. The van der Waals surface area contributed by atoms with Gasteiger partial charge in [0.2, 0.25) is 0 Å². The van der Waals surface area contributed by atoms with Crippen LogP contribution in [0.4, 0.5) is 57.1 Å². The molecule has 0 aliphatic rings. The zero-order valence-corrected chi connectivity index (χ0v) is 13.5. The Bertz CT molecular complexity index is 482. The topological polar surface area (TPSA) is 9.23 Å². The molecule has 0 aromatic carbocycles. The first-order valence-electron chi connectivity index (χ1n) is 6.16. The van der Waals surface area contributed by atoms with E-state index in [1.807, 2.05) is 0 Å². The van der Waals surface area contributed by atoms with Crippen LogP contribution in [0.5, 0.6) is 0 Å². The maximum Gasteiger partial charge on any atom is 0.460 e. The van der Waals surface area contributed by atoms with Crippen LogP contribution in [0.3, 0.4) is 0 Å². The lowest BCUT2D eigenvalue weighted by Crippen LogP contribution is -2.74. The Balaban J connectivity index is 6.40. The standard InChI is InChI=1S/C10H11F13OSi/c1-4-24-25(2,3)10(22,23)8(17,18)6(13,14)5(11,12)7(15,16)9(19,20)21/h4H2,1-3H3. The fraction of sp³-hybridized carbons (Fsp3) is 1.00. The second kappa shape index (κ2) is 6.16. The molecule has 0 heterocycles. The van der Waals surface area contributed by atoms with Crippen LogP contribution in [0.25, 0.3) is 0 Å². The smallest absolute Gasteiger partial charge is 0.410 e. The van der Waals surface area contributed by atoms with Crippen molar-refractivity contribution in [3.8, 4) is 0 Å². The fourth-order valence-corrected chi connectivity index (χ4v) is 3.42. The van der Waals surface area contributed by atoms with Gasteiger partial charge in [0.05, 0.1) is 0 Å². The molecule has 0 N–H and O–H groups in total. The summed E-state index contributed by atoms with van der Waals surface area (Å²) in [5, 5.41) is 0. The minimum atomic E-state index is -7.87. The lowest BCUT2D eigenvalue weighted by Gasteiger charge is -2.43. The zero-order valence-electron chi connectivity index (χ0n) is 12.5. The van der Waals surface area contributed by atoms with E-state index in [9.17, 15) is 57.1 Å². The van der Waals surface area contributed by atoms with Gasteiger partial charge in [-0.3, -0.25) is 0 Å². The predicted octanol–water partition coefficient (Wildman–Crippen LogP) is 5.51. The maximum atomic E-state index is 13.7. The van der Waals surface area contributed by atoms with Crippen LogP contribution >= 0.6 is 0 Å². The number of hydrogen-bond acceptors (Lipinski definition) is 1. The molecule has 0 aromatic heterocycles. The van der Waals surface area contributed by atoms with Gasteiger partial charge < -0.3 is 4.43 Å². The lowest BCUT2D eigenvalue weighted by atomic mass is 9.98. The summed E-state index contributed by atoms with van der Waals surface area (Å²) in [4.78, 5) is 0. The largest absolute Gasteiger partial charge is 0.460 e. The highest BCUT2D eigenvalue weighted by atomic mass is 28.4. The monoisotopic (exact) mass is 422 g/mol. The molecule has 152 valence electrons. The highest BCUT2D eigenvalue weighted by Crippen LogP contribution is 2.61. The average Bonchev–Trinajstić information content (AvgIpc) is 2.35. The van der Waals surface area contributed by atoms with Crippen molar-refractivity contribution in [1.29, 1.82) is 0 Å². The van der Waals surface area contributed by atoms with Gasteiger partial charge in [0.1, 0.15) is 0 Å². The molecule has 0 fully saturated rings. The van der Waals surface area contributed by atoms with E-state index < -0.39 is 50.3 Å². The van der Waals surface area contributed by atoms with Gasteiger partial charge in [-0.1, -0.05) is 0 Å². The Morgan fingerprint density at radius 1 is 0.600 bits per heavy atom. The van der Waals surface area contributed by atoms with Gasteiger partial charge in [-0.05, 0) is 20.0 Å². The molecule has 0 amide bonds. The number of hydrogen-bond donors (Lipinski definition) is 0. The Kier molecular flexibility index (Phi) is 5.98. The molecule has 0 saturated heterocycles.